The van der Waals surface area contributed by atoms with E-state index in [-0.39, 0.29) is 11.7 Å². The Kier molecular flexibility index (Phi) is 4.46. The highest BCUT2D eigenvalue weighted by molar-refractivity contribution is 9.10. The van der Waals surface area contributed by atoms with E-state index in [4.69, 9.17) is 4.74 Å². The van der Waals surface area contributed by atoms with Gasteiger partial charge in [-0.15, -0.1) is 0 Å². The monoisotopic (exact) mass is 356 g/mol. The molecule has 2 nitrogen and oxygen atoms in total. The fourth-order valence-electron chi connectivity index (χ4n) is 3.41. The number of aliphatic hydroxyl groups is 1. The molecule has 0 aliphatic carbocycles. The minimum atomic E-state index is -0.377. The van der Waals surface area contributed by atoms with Crippen molar-refractivity contribution in [3.05, 3.63) is 33.8 Å². The molecule has 1 N–H and O–H groups in total. The van der Waals surface area contributed by atoms with Gasteiger partial charge < -0.3 is 9.84 Å². The van der Waals surface area contributed by atoms with Gasteiger partial charge in [-0.25, -0.2) is 0 Å². The van der Waals surface area contributed by atoms with Crippen LogP contribution in [0, 0.1) is 12.8 Å². The zero-order valence-electron chi connectivity index (χ0n) is 11.8. The van der Waals surface area contributed by atoms with E-state index in [2.05, 4.69) is 35.0 Å². The fourth-order valence-corrected chi connectivity index (χ4v) is 5.41. The molecule has 1 aromatic carbocycles. The maximum absolute atomic E-state index is 10.8. The standard InChI is InChI=1S/C16H21BrO2S/c1-11-6-13(8-14(17)7-11)15(18)12-2-4-19-16(9-12)3-5-20-10-16/h6-8,12,15,18H,2-5,9-10H2,1H3. The summed E-state index contributed by atoms with van der Waals surface area (Å²) in [7, 11) is 0. The number of benzene rings is 1. The molecule has 3 atom stereocenters. The lowest BCUT2D eigenvalue weighted by Crippen LogP contribution is -2.41. The highest BCUT2D eigenvalue weighted by Gasteiger charge is 2.42. The van der Waals surface area contributed by atoms with Gasteiger partial charge in [0.05, 0.1) is 11.7 Å². The van der Waals surface area contributed by atoms with Crippen molar-refractivity contribution in [3.63, 3.8) is 0 Å². The molecule has 0 amide bonds. The Morgan fingerprint density at radius 2 is 2.30 bits per heavy atom. The van der Waals surface area contributed by atoms with Crippen molar-refractivity contribution in [2.24, 2.45) is 5.92 Å². The van der Waals surface area contributed by atoms with Crippen molar-refractivity contribution in [3.8, 4) is 0 Å². The number of ether oxygens (including phenoxy) is 1. The summed E-state index contributed by atoms with van der Waals surface area (Å²) in [4.78, 5) is 0. The lowest BCUT2D eigenvalue weighted by molar-refractivity contribution is -0.102. The number of hydrogen-bond acceptors (Lipinski definition) is 3. The van der Waals surface area contributed by atoms with E-state index in [1.807, 2.05) is 17.8 Å². The summed E-state index contributed by atoms with van der Waals surface area (Å²) in [5, 5.41) is 10.8. The quantitative estimate of drug-likeness (QED) is 0.864. The van der Waals surface area contributed by atoms with Crippen LogP contribution < -0.4 is 0 Å². The lowest BCUT2D eigenvalue weighted by Gasteiger charge is -2.39. The van der Waals surface area contributed by atoms with Gasteiger partial charge in [-0.05, 0) is 61.1 Å². The van der Waals surface area contributed by atoms with Crippen molar-refractivity contribution >= 4 is 27.7 Å². The molecule has 20 heavy (non-hydrogen) atoms. The number of hydrogen-bond donors (Lipinski definition) is 1. The maximum Gasteiger partial charge on any atom is 0.0820 e. The normalized spacial score (nSPS) is 31.6. The van der Waals surface area contributed by atoms with Crippen molar-refractivity contribution in [2.45, 2.75) is 37.9 Å². The Morgan fingerprint density at radius 1 is 1.45 bits per heavy atom. The zero-order valence-corrected chi connectivity index (χ0v) is 14.2. The van der Waals surface area contributed by atoms with Crippen molar-refractivity contribution in [1.29, 1.82) is 0 Å². The SMILES string of the molecule is Cc1cc(Br)cc(C(O)C2CCOC3(CCSC3)C2)c1. The molecule has 4 heteroatoms. The van der Waals surface area contributed by atoms with Gasteiger partial charge in [-0.2, -0.15) is 11.8 Å². The molecule has 2 aliphatic heterocycles. The van der Waals surface area contributed by atoms with Gasteiger partial charge in [0.2, 0.25) is 0 Å². The summed E-state index contributed by atoms with van der Waals surface area (Å²) >= 11 is 5.51. The molecule has 0 aromatic heterocycles. The fraction of sp³-hybridized carbons (Fsp3) is 0.625. The summed E-state index contributed by atoms with van der Waals surface area (Å²) in [6.45, 7) is 2.86. The third-order valence-corrected chi connectivity index (χ3v) is 6.13. The predicted molar refractivity (Wildman–Crippen MR) is 87.2 cm³/mol. The molecular weight excluding hydrogens is 336 g/mol. The lowest BCUT2D eigenvalue weighted by atomic mass is 9.80. The van der Waals surface area contributed by atoms with Crippen LogP contribution in [0.3, 0.4) is 0 Å². The third-order valence-electron chi connectivity index (χ3n) is 4.45. The number of aryl methyl sites for hydroxylation is 1. The van der Waals surface area contributed by atoms with Crippen LogP contribution in [0.4, 0.5) is 0 Å². The third kappa shape index (κ3) is 3.08. The molecule has 2 fully saturated rings. The topological polar surface area (TPSA) is 29.5 Å². The first-order valence-corrected chi connectivity index (χ1v) is 9.20. The van der Waals surface area contributed by atoms with Gasteiger partial charge in [0, 0.05) is 16.8 Å². The molecule has 0 saturated carbocycles. The van der Waals surface area contributed by atoms with E-state index in [0.29, 0.717) is 5.92 Å². The van der Waals surface area contributed by atoms with E-state index in [1.165, 1.54) is 11.3 Å². The highest BCUT2D eigenvalue weighted by Crippen LogP contribution is 2.44. The van der Waals surface area contributed by atoms with Crippen LogP contribution in [-0.4, -0.2) is 28.8 Å². The molecule has 110 valence electrons. The number of aliphatic hydroxyl groups excluding tert-OH is 1. The molecule has 1 spiro atoms. The number of thioether (sulfide) groups is 1. The minimum Gasteiger partial charge on any atom is -0.388 e. The van der Waals surface area contributed by atoms with Crippen LogP contribution in [-0.2, 0) is 4.74 Å². The number of halogens is 1. The van der Waals surface area contributed by atoms with Crippen LogP contribution >= 0.6 is 27.7 Å². The zero-order chi connectivity index (χ0) is 14.2. The maximum atomic E-state index is 10.8. The first-order chi connectivity index (χ1) is 9.58. The van der Waals surface area contributed by atoms with Crippen LogP contribution in [0.1, 0.15) is 36.5 Å². The molecular formula is C16H21BrO2S. The summed E-state index contributed by atoms with van der Waals surface area (Å²) in [5.74, 6) is 2.60. The second-order valence-corrected chi connectivity index (χ2v) is 8.11. The van der Waals surface area contributed by atoms with Crippen LogP contribution in [0.25, 0.3) is 0 Å². The van der Waals surface area contributed by atoms with Crippen LogP contribution in [0.2, 0.25) is 0 Å². The van der Waals surface area contributed by atoms with E-state index >= 15 is 0 Å². The van der Waals surface area contributed by atoms with Gasteiger partial charge in [-0.1, -0.05) is 22.0 Å². The Balaban J connectivity index is 1.77. The van der Waals surface area contributed by atoms with E-state index in [9.17, 15) is 5.11 Å². The Bertz CT molecular complexity index is 465. The van der Waals surface area contributed by atoms with E-state index in [0.717, 1.165) is 41.7 Å². The summed E-state index contributed by atoms with van der Waals surface area (Å²) < 4.78 is 7.09. The van der Waals surface area contributed by atoms with E-state index < -0.39 is 0 Å². The van der Waals surface area contributed by atoms with Crippen LogP contribution in [0.5, 0.6) is 0 Å². The van der Waals surface area contributed by atoms with Gasteiger partial charge >= 0.3 is 0 Å². The first-order valence-electron chi connectivity index (χ1n) is 7.25. The Hall–Kier alpha value is -0.0300. The largest absolute Gasteiger partial charge is 0.388 e. The molecule has 2 saturated heterocycles. The smallest absolute Gasteiger partial charge is 0.0820 e. The summed E-state index contributed by atoms with van der Waals surface area (Å²) in [5.41, 5.74) is 2.26. The molecule has 2 aliphatic rings. The Labute approximate surface area is 133 Å². The van der Waals surface area contributed by atoms with Crippen LogP contribution in [0.15, 0.2) is 22.7 Å². The molecule has 0 radical (unpaired) electrons. The van der Waals surface area contributed by atoms with Crippen molar-refractivity contribution in [1.82, 2.24) is 0 Å². The first kappa shape index (κ1) is 14.9. The molecule has 0 bridgehead atoms. The molecule has 3 rings (SSSR count). The average molecular weight is 357 g/mol. The summed E-state index contributed by atoms with van der Waals surface area (Å²) in [6.07, 6.45) is 2.71. The van der Waals surface area contributed by atoms with Crippen molar-refractivity contribution in [2.75, 3.05) is 18.1 Å². The molecule has 2 heterocycles. The molecule has 3 unspecified atom stereocenters. The van der Waals surface area contributed by atoms with Gasteiger partial charge in [0.25, 0.3) is 0 Å². The summed E-state index contributed by atoms with van der Waals surface area (Å²) in [6, 6.07) is 6.22. The number of rotatable bonds is 2. The highest BCUT2D eigenvalue weighted by atomic mass is 79.9. The van der Waals surface area contributed by atoms with Gasteiger partial charge in [0.1, 0.15) is 0 Å². The second-order valence-electron chi connectivity index (χ2n) is 6.09. The second kappa shape index (κ2) is 5.99. The molecule has 1 aromatic rings. The van der Waals surface area contributed by atoms with Crippen molar-refractivity contribution < 1.29 is 9.84 Å². The Morgan fingerprint density at radius 3 is 3.00 bits per heavy atom. The van der Waals surface area contributed by atoms with Gasteiger partial charge in [0.15, 0.2) is 0 Å². The van der Waals surface area contributed by atoms with E-state index in [1.54, 1.807) is 0 Å². The van der Waals surface area contributed by atoms with Gasteiger partial charge in [-0.3, -0.25) is 0 Å². The average Bonchev–Trinajstić information content (AvgIpc) is 2.85. The minimum absolute atomic E-state index is 0.0373. The predicted octanol–water partition coefficient (Wildman–Crippen LogP) is 4.09.